The van der Waals surface area contributed by atoms with Crippen molar-refractivity contribution in [3.63, 3.8) is 0 Å². The molecule has 0 aliphatic carbocycles. The number of nitrogens with zero attached hydrogens (tertiary/aromatic N) is 2. The van der Waals surface area contributed by atoms with Crippen molar-refractivity contribution in [1.29, 1.82) is 0 Å². The Hall–Kier alpha value is -1.54. The first kappa shape index (κ1) is 24.7. The maximum absolute atomic E-state index is 13.5. The highest BCUT2D eigenvalue weighted by Gasteiger charge is 2.61. The van der Waals surface area contributed by atoms with Crippen LogP contribution in [0.25, 0.3) is 5.69 Å². The van der Waals surface area contributed by atoms with E-state index in [9.17, 15) is 48.7 Å². The first-order chi connectivity index (χ1) is 13.3. The van der Waals surface area contributed by atoms with Crippen LogP contribution in [0.1, 0.15) is 11.3 Å². The zero-order chi connectivity index (χ0) is 23.4. The van der Waals surface area contributed by atoms with E-state index in [1.165, 1.54) is 0 Å². The second kappa shape index (κ2) is 7.55. The zero-order valence-electron chi connectivity index (χ0n) is 13.4. The second-order valence-electron chi connectivity index (χ2n) is 5.52. The number of hydrogen-bond acceptors (Lipinski definition) is 2. The van der Waals surface area contributed by atoms with Crippen LogP contribution >= 0.6 is 39.1 Å². The number of aromatic nitrogens is 2. The minimum Gasteiger partial charge on any atom is -0.268 e. The van der Waals surface area contributed by atoms with Crippen LogP contribution in [-0.4, -0.2) is 21.9 Å². The molecule has 30 heavy (non-hydrogen) atoms. The third-order valence-electron chi connectivity index (χ3n) is 3.55. The summed E-state index contributed by atoms with van der Waals surface area (Å²) in [5.41, 5.74) is -6.11. The summed E-state index contributed by atoms with van der Waals surface area (Å²) in [7, 11) is 0. The summed E-state index contributed by atoms with van der Waals surface area (Å²) in [6.45, 7) is 0. The molecule has 2 aromatic rings. The molecule has 1 aromatic carbocycles. The number of hydrogen-bond donors (Lipinski definition) is 0. The zero-order valence-corrected chi connectivity index (χ0v) is 16.5. The van der Waals surface area contributed by atoms with Crippen LogP contribution in [-0.2, 0) is 11.8 Å². The van der Waals surface area contributed by atoms with Gasteiger partial charge in [-0.2, -0.15) is 43.9 Å². The largest absolute Gasteiger partial charge is 0.459 e. The quantitative estimate of drug-likeness (QED) is 0.400. The van der Waals surface area contributed by atoms with Gasteiger partial charge in [0.15, 0.2) is 0 Å². The van der Waals surface area contributed by atoms with Crippen molar-refractivity contribution in [2.75, 3.05) is 0 Å². The van der Waals surface area contributed by atoms with E-state index in [1.807, 2.05) is 0 Å². The first-order valence-electron chi connectivity index (χ1n) is 7.00. The molecule has 0 unspecified atom stereocenters. The molecule has 16 heteroatoms. The van der Waals surface area contributed by atoms with Gasteiger partial charge in [0.25, 0.3) is 5.56 Å². The lowest BCUT2D eigenvalue weighted by atomic mass is 10.1. The second-order valence-corrected chi connectivity index (χ2v) is 7.12. The van der Waals surface area contributed by atoms with Crippen molar-refractivity contribution in [3.8, 4) is 5.69 Å². The Morgan fingerprint density at radius 3 is 1.67 bits per heavy atom. The summed E-state index contributed by atoms with van der Waals surface area (Å²) in [6, 6.07) is 0.212. The molecular formula is C14H3BrCl2F10N2O. The fourth-order valence-corrected chi connectivity index (χ4v) is 3.30. The number of benzene rings is 1. The van der Waals surface area contributed by atoms with E-state index in [-0.39, 0.29) is 23.0 Å². The summed E-state index contributed by atoms with van der Waals surface area (Å²) in [4.78, 5) is 15.1. The minimum atomic E-state index is -6.11. The first-order valence-corrected chi connectivity index (χ1v) is 8.55. The Kier molecular flexibility index (Phi) is 6.22. The van der Waals surface area contributed by atoms with Crippen LogP contribution in [0, 0.1) is 0 Å². The van der Waals surface area contributed by atoms with Crippen LogP contribution in [0.15, 0.2) is 27.7 Å². The molecule has 1 heterocycles. The fraction of sp³-hybridized carbons (Fsp3) is 0.286. The lowest BCUT2D eigenvalue weighted by Crippen LogP contribution is -2.37. The van der Waals surface area contributed by atoms with Gasteiger partial charge in [-0.15, -0.1) is 0 Å². The number of rotatable bonds is 3. The molecule has 0 saturated heterocycles. The standard InChI is InChI=1S/C14H3BrCl2F10N2O/c15-7-9(12(20,21)14(25,26)27)28-3-29(10(7)30)8-5(16)1-4(2-6(8)17)11(18,19)13(22,23)24/h1-3H. The van der Waals surface area contributed by atoms with E-state index in [0.717, 1.165) is 0 Å². The SMILES string of the molecule is O=c1c(Br)c(C(F)(F)C(F)(F)F)ncn1-c1c(Cl)cc(C(F)(F)C(F)(F)F)cc1Cl. The normalized spacial score (nSPS) is 13.6. The van der Waals surface area contributed by atoms with E-state index in [0.29, 0.717) is 0 Å². The van der Waals surface area contributed by atoms with Gasteiger partial charge < -0.3 is 0 Å². The highest BCUT2D eigenvalue weighted by atomic mass is 79.9. The van der Waals surface area contributed by atoms with Gasteiger partial charge in [-0.25, -0.2) is 4.98 Å². The van der Waals surface area contributed by atoms with Crippen molar-refractivity contribution < 1.29 is 43.9 Å². The molecule has 1 aromatic heterocycles. The average molecular weight is 556 g/mol. The summed E-state index contributed by atoms with van der Waals surface area (Å²) in [5.74, 6) is -10.9. The van der Waals surface area contributed by atoms with Crippen molar-refractivity contribution >= 4 is 39.1 Å². The molecule has 0 spiro atoms. The van der Waals surface area contributed by atoms with E-state index < -0.39 is 61.2 Å². The molecule has 0 radical (unpaired) electrons. The Morgan fingerprint density at radius 2 is 1.27 bits per heavy atom. The van der Waals surface area contributed by atoms with Crippen LogP contribution < -0.4 is 5.56 Å². The molecule has 2 rings (SSSR count). The monoisotopic (exact) mass is 554 g/mol. The van der Waals surface area contributed by atoms with Crippen molar-refractivity contribution in [1.82, 2.24) is 9.55 Å². The van der Waals surface area contributed by atoms with Crippen LogP contribution in [0.3, 0.4) is 0 Å². The highest BCUT2D eigenvalue weighted by Crippen LogP contribution is 2.47. The van der Waals surface area contributed by atoms with Gasteiger partial charge in [0.2, 0.25) is 0 Å². The summed E-state index contributed by atoms with van der Waals surface area (Å²) < 4.78 is 128. The molecule has 0 atom stereocenters. The maximum atomic E-state index is 13.5. The van der Waals surface area contributed by atoms with Gasteiger partial charge in [-0.05, 0) is 28.1 Å². The maximum Gasteiger partial charge on any atom is 0.459 e. The van der Waals surface area contributed by atoms with Gasteiger partial charge in [-0.3, -0.25) is 9.36 Å². The third-order valence-corrected chi connectivity index (χ3v) is 4.84. The van der Waals surface area contributed by atoms with Crippen molar-refractivity contribution in [2.45, 2.75) is 24.2 Å². The van der Waals surface area contributed by atoms with Gasteiger partial charge in [0.1, 0.15) is 16.5 Å². The van der Waals surface area contributed by atoms with E-state index in [1.54, 1.807) is 0 Å². The predicted octanol–water partition coefficient (Wildman–Crippen LogP) is 6.61. The molecule has 0 fully saturated rings. The smallest absolute Gasteiger partial charge is 0.268 e. The topological polar surface area (TPSA) is 34.9 Å². The Labute approximate surface area is 177 Å². The average Bonchev–Trinajstić information content (AvgIpc) is 2.55. The van der Waals surface area contributed by atoms with Crippen LogP contribution in [0.2, 0.25) is 10.0 Å². The Bertz CT molecular complexity index is 1030. The molecule has 3 nitrogen and oxygen atoms in total. The molecule has 166 valence electrons. The van der Waals surface area contributed by atoms with Crippen molar-refractivity contribution in [3.05, 3.63) is 54.6 Å². The fourth-order valence-electron chi connectivity index (χ4n) is 2.08. The van der Waals surface area contributed by atoms with Gasteiger partial charge in [-0.1, -0.05) is 23.2 Å². The molecule has 0 amide bonds. The summed E-state index contributed by atoms with van der Waals surface area (Å²) >= 11 is 13.5. The highest BCUT2D eigenvalue weighted by molar-refractivity contribution is 9.10. The number of halogens is 13. The van der Waals surface area contributed by atoms with Crippen LogP contribution in [0.4, 0.5) is 43.9 Å². The van der Waals surface area contributed by atoms with E-state index in [4.69, 9.17) is 23.2 Å². The molecule has 0 saturated carbocycles. The summed E-state index contributed by atoms with van der Waals surface area (Å²) in [6.07, 6.45) is -12.0. The van der Waals surface area contributed by atoms with Gasteiger partial charge in [0, 0.05) is 5.56 Å². The van der Waals surface area contributed by atoms with E-state index in [2.05, 4.69) is 20.9 Å². The molecular weight excluding hydrogens is 553 g/mol. The molecule has 0 N–H and O–H groups in total. The third kappa shape index (κ3) is 4.00. The lowest BCUT2D eigenvalue weighted by molar-refractivity contribution is -0.291. The summed E-state index contributed by atoms with van der Waals surface area (Å²) in [5, 5.41) is -1.93. The molecule has 0 aliphatic heterocycles. The molecule has 0 bridgehead atoms. The predicted molar refractivity (Wildman–Crippen MR) is 87.5 cm³/mol. The minimum absolute atomic E-state index is 0.106. The van der Waals surface area contributed by atoms with Crippen LogP contribution in [0.5, 0.6) is 0 Å². The Morgan fingerprint density at radius 1 is 0.833 bits per heavy atom. The van der Waals surface area contributed by atoms with Gasteiger partial charge >= 0.3 is 24.2 Å². The number of alkyl halides is 10. The Balaban J connectivity index is 2.70. The lowest BCUT2D eigenvalue weighted by Gasteiger charge is -2.22. The van der Waals surface area contributed by atoms with Crippen molar-refractivity contribution in [2.24, 2.45) is 0 Å². The van der Waals surface area contributed by atoms with E-state index >= 15 is 0 Å². The van der Waals surface area contributed by atoms with Gasteiger partial charge in [0.05, 0.1) is 15.7 Å². The molecule has 0 aliphatic rings.